The molecule has 0 aliphatic heterocycles. The standard InChI is InChI=1S/C12H5BrCl2FN3/c13-7-2-1-5-6(3-17-11(5)9(7)16)10-8(14)4-18-12(15)19-10/h1-4,17H. The van der Waals surface area contributed by atoms with Crippen LogP contribution in [0.25, 0.3) is 22.2 Å². The lowest BCUT2D eigenvalue weighted by Gasteiger charge is -2.02. The highest BCUT2D eigenvalue weighted by Gasteiger charge is 2.15. The average Bonchev–Trinajstić information content (AvgIpc) is 2.81. The molecule has 0 atom stereocenters. The maximum Gasteiger partial charge on any atom is 0.222 e. The first-order chi connectivity index (χ1) is 9.08. The normalized spacial score (nSPS) is 11.2. The van der Waals surface area contributed by atoms with Crippen molar-refractivity contribution in [3.8, 4) is 11.3 Å². The van der Waals surface area contributed by atoms with Crippen LogP contribution in [-0.4, -0.2) is 15.0 Å². The van der Waals surface area contributed by atoms with Crippen molar-refractivity contribution in [1.82, 2.24) is 15.0 Å². The van der Waals surface area contributed by atoms with Crippen molar-refractivity contribution >= 4 is 50.0 Å². The Labute approximate surface area is 125 Å². The smallest absolute Gasteiger partial charge is 0.222 e. The van der Waals surface area contributed by atoms with E-state index < -0.39 is 0 Å². The second kappa shape index (κ2) is 4.74. The number of fused-ring (bicyclic) bond motifs is 1. The van der Waals surface area contributed by atoms with Crippen LogP contribution in [0.4, 0.5) is 4.39 Å². The molecule has 0 unspecified atom stereocenters. The molecule has 0 fully saturated rings. The minimum absolute atomic E-state index is 0.0892. The zero-order chi connectivity index (χ0) is 13.6. The number of benzene rings is 1. The van der Waals surface area contributed by atoms with E-state index in [0.29, 0.717) is 31.7 Å². The van der Waals surface area contributed by atoms with Crippen molar-refractivity contribution in [1.29, 1.82) is 0 Å². The summed E-state index contributed by atoms with van der Waals surface area (Å²) in [4.78, 5) is 10.8. The van der Waals surface area contributed by atoms with Gasteiger partial charge in [0.25, 0.3) is 0 Å². The average molecular weight is 361 g/mol. The molecule has 0 radical (unpaired) electrons. The maximum atomic E-state index is 13.9. The van der Waals surface area contributed by atoms with Gasteiger partial charge in [-0.05, 0) is 33.6 Å². The number of halogens is 4. The first-order valence-electron chi connectivity index (χ1n) is 5.21. The molecular weight excluding hydrogens is 356 g/mol. The van der Waals surface area contributed by atoms with Crippen LogP contribution in [0.1, 0.15) is 0 Å². The Hall–Kier alpha value is -1.17. The fourth-order valence-corrected chi connectivity index (χ4v) is 2.53. The second-order valence-electron chi connectivity index (χ2n) is 3.82. The lowest BCUT2D eigenvalue weighted by molar-refractivity contribution is 0.631. The first kappa shape index (κ1) is 12.8. The van der Waals surface area contributed by atoms with Gasteiger partial charge in [0.15, 0.2) is 5.82 Å². The van der Waals surface area contributed by atoms with Crippen molar-refractivity contribution in [2.24, 2.45) is 0 Å². The van der Waals surface area contributed by atoms with Crippen molar-refractivity contribution in [3.05, 3.63) is 45.1 Å². The highest BCUT2D eigenvalue weighted by Crippen LogP contribution is 2.34. The van der Waals surface area contributed by atoms with E-state index in [1.54, 1.807) is 18.3 Å². The third kappa shape index (κ3) is 2.12. The summed E-state index contributed by atoms with van der Waals surface area (Å²) in [5, 5.41) is 1.12. The van der Waals surface area contributed by atoms with E-state index in [0.717, 1.165) is 0 Å². The van der Waals surface area contributed by atoms with Gasteiger partial charge in [0.2, 0.25) is 5.28 Å². The predicted molar refractivity (Wildman–Crippen MR) is 77.0 cm³/mol. The molecule has 0 aliphatic rings. The highest BCUT2D eigenvalue weighted by atomic mass is 79.9. The number of aromatic amines is 1. The molecule has 0 spiro atoms. The number of H-pyrrole nitrogens is 1. The molecule has 3 aromatic rings. The SMILES string of the molecule is Fc1c(Br)ccc2c(-c3nc(Cl)ncc3Cl)c[nH]c12. The van der Waals surface area contributed by atoms with E-state index >= 15 is 0 Å². The third-order valence-corrected chi connectivity index (χ3v) is 3.79. The molecule has 7 heteroatoms. The molecular formula is C12H5BrCl2FN3. The number of hydrogen-bond donors (Lipinski definition) is 1. The molecule has 0 aliphatic carbocycles. The third-order valence-electron chi connectivity index (χ3n) is 2.72. The maximum absolute atomic E-state index is 13.9. The molecule has 0 saturated heterocycles. The molecule has 96 valence electrons. The van der Waals surface area contributed by atoms with Crippen molar-refractivity contribution in [2.75, 3.05) is 0 Å². The molecule has 19 heavy (non-hydrogen) atoms. The van der Waals surface area contributed by atoms with Crippen LogP contribution in [0.2, 0.25) is 10.3 Å². The van der Waals surface area contributed by atoms with E-state index in [-0.39, 0.29) is 11.1 Å². The van der Waals surface area contributed by atoms with Crippen molar-refractivity contribution in [3.63, 3.8) is 0 Å². The van der Waals surface area contributed by atoms with Gasteiger partial charge in [-0.1, -0.05) is 17.7 Å². The highest BCUT2D eigenvalue weighted by molar-refractivity contribution is 9.10. The summed E-state index contributed by atoms with van der Waals surface area (Å²) in [6, 6.07) is 3.41. The van der Waals surface area contributed by atoms with Gasteiger partial charge in [-0.2, -0.15) is 0 Å². The summed E-state index contributed by atoms with van der Waals surface area (Å²) < 4.78 is 14.3. The van der Waals surface area contributed by atoms with Gasteiger partial charge < -0.3 is 4.98 Å². The summed E-state index contributed by atoms with van der Waals surface area (Å²) in [7, 11) is 0. The number of nitrogens with one attached hydrogen (secondary N) is 1. The van der Waals surface area contributed by atoms with Gasteiger partial charge in [0, 0.05) is 17.1 Å². The Morgan fingerprint density at radius 3 is 2.84 bits per heavy atom. The molecule has 0 saturated carbocycles. The Morgan fingerprint density at radius 2 is 2.05 bits per heavy atom. The molecule has 1 N–H and O–H groups in total. The second-order valence-corrected chi connectivity index (χ2v) is 5.42. The number of hydrogen-bond acceptors (Lipinski definition) is 2. The minimum Gasteiger partial charge on any atom is -0.358 e. The fourth-order valence-electron chi connectivity index (χ4n) is 1.87. The van der Waals surface area contributed by atoms with Gasteiger partial charge in [-0.3, -0.25) is 0 Å². The zero-order valence-corrected chi connectivity index (χ0v) is 12.3. The topological polar surface area (TPSA) is 41.6 Å². The molecule has 2 aromatic heterocycles. The molecule has 0 bridgehead atoms. The molecule has 2 heterocycles. The molecule has 0 amide bonds. The van der Waals surface area contributed by atoms with Gasteiger partial charge >= 0.3 is 0 Å². The molecule has 3 nitrogen and oxygen atoms in total. The van der Waals surface area contributed by atoms with Crippen LogP contribution in [0.3, 0.4) is 0 Å². The van der Waals surface area contributed by atoms with E-state index in [9.17, 15) is 4.39 Å². The predicted octanol–water partition coefficient (Wildman–Crippen LogP) is 4.83. The van der Waals surface area contributed by atoms with Crippen LogP contribution in [0, 0.1) is 5.82 Å². The van der Waals surface area contributed by atoms with Crippen LogP contribution in [0.5, 0.6) is 0 Å². The van der Waals surface area contributed by atoms with Crippen LogP contribution in [0.15, 0.2) is 29.0 Å². The summed E-state index contributed by atoms with van der Waals surface area (Å²) in [5.41, 5.74) is 1.53. The minimum atomic E-state index is -0.361. The molecule has 1 aromatic carbocycles. The van der Waals surface area contributed by atoms with E-state index in [4.69, 9.17) is 23.2 Å². The summed E-state index contributed by atoms with van der Waals surface area (Å²) in [5.74, 6) is -0.361. The monoisotopic (exact) mass is 359 g/mol. The van der Waals surface area contributed by atoms with E-state index in [2.05, 4.69) is 30.9 Å². The van der Waals surface area contributed by atoms with Crippen LogP contribution < -0.4 is 0 Å². The first-order valence-corrected chi connectivity index (χ1v) is 6.76. The van der Waals surface area contributed by atoms with E-state index in [1.807, 2.05) is 0 Å². The van der Waals surface area contributed by atoms with Crippen molar-refractivity contribution < 1.29 is 4.39 Å². The largest absolute Gasteiger partial charge is 0.358 e. The van der Waals surface area contributed by atoms with Crippen LogP contribution in [-0.2, 0) is 0 Å². The number of aromatic nitrogens is 3. The zero-order valence-electron chi connectivity index (χ0n) is 9.22. The van der Waals surface area contributed by atoms with Gasteiger partial charge in [0.1, 0.15) is 0 Å². The summed E-state index contributed by atoms with van der Waals surface area (Å²) in [6.45, 7) is 0. The van der Waals surface area contributed by atoms with Gasteiger partial charge in [0.05, 0.1) is 26.9 Å². The Morgan fingerprint density at radius 1 is 1.26 bits per heavy atom. The molecule has 3 rings (SSSR count). The lowest BCUT2D eigenvalue weighted by Crippen LogP contribution is -1.88. The fraction of sp³-hybridized carbons (Fsp3) is 0. The Kier molecular flexibility index (Phi) is 3.20. The van der Waals surface area contributed by atoms with E-state index in [1.165, 1.54) is 6.20 Å². The van der Waals surface area contributed by atoms with Crippen LogP contribution >= 0.6 is 39.1 Å². The summed E-state index contributed by atoms with van der Waals surface area (Å²) >= 11 is 15.0. The van der Waals surface area contributed by atoms with Gasteiger partial charge in [-0.25, -0.2) is 14.4 Å². The van der Waals surface area contributed by atoms with Crippen molar-refractivity contribution in [2.45, 2.75) is 0 Å². The lowest BCUT2D eigenvalue weighted by atomic mass is 10.1. The number of nitrogens with zero attached hydrogens (tertiary/aromatic N) is 2. The Bertz CT molecular complexity index is 788. The summed E-state index contributed by atoms with van der Waals surface area (Å²) in [6.07, 6.45) is 3.06. The quantitative estimate of drug-likeness (QED) is 0.631. The number of rotatable bonds is 1. The Balaban J connectivity index is 2.32. The van der Waals surface area contributed by atoms with Gasteiger partial charge in [-0.15, -0.1) is 0 Å².